The molecule has 0 radical (unpaired) electrons. The quantitative estimate of drug-likeness (QED) is 0.490. The molecule has 1 aliphatic rings. The minimum absolute atomic E-state index is 0.0190. The topological polar surface area (TPSA) is 107 Å². The van der Waals surface area contributed by atoms with E-state index in [1.54, 1.807) is 18.2 Å². The molecule has 8 nitrogen and oxygen atoms in total. The predicted octanol–water partition coefficient (Wildman–Crippen LogP) is 4.59. The summed E-state index contributed by atoms with van der Waals surface area (Å²) in [4.78, 5) is 37.3. The van der Waals surface area contributed by atoms with Crippen molar-refractivity contribution in [2.24, 2.45) is 0 Å². The van der Waals surface area contributed by atoms with Gasteiger partial charge in [-0.2, -0.15) is 0 Å². The zero-order chi connectivity index (χ0) is 25.7. The van der Waals surface area contributed by atoms with Gasteiger partial charge in [-0.05, 0) is 67.9 Å². The number of hydrogen-bond acceptors (Lipinski definition) is 6. The third-order valence-corrected chi connectivity index (χ3v) is 6.61. The Kier molecular flexibility index (Phi) is 7.73. The smallest absolute Gasteiger partial charge is 0.407 e. The Morgan fingerprint density at radius 2 is 1.78 bits per heavy atom. The number of carbonyl (C=O) groups excluding carboxylic acids is 2. The minimum Gasteiger partial charge on any atom is -0.508 e. The number of aromatic hydroxyl groups is 1. The summed E-state index contributed by atoms with van der Waals surface area (Å²) in [7, 11) is 1.24. The fraction of sp³-hybridized carbons (Fsp3) is 0.321. The Bertz CT molecular complexity index is 1290. The van der Waals surface area contributed by atoms with Gasteiger partial charge in [-0.15, -0.1) is 0 Å². The molecule has 2 aromatic carbocycles. The third kappa shape index (κ3) is 5.76. The molecule has 1 saturated carbocycles. The van der Waals surface area contributed by atoms with Crippen LogP contribution in [-0.4, -0.2) is 34.9 Å². The highest BCUT2D eigenvalue weighted by molar-refractivity contribution is 5.89. The maximum Gasteiger partial charge on any atom is 0.407 e. The van der Waals surface area contributed by atoms with Crippen molar-refractivity contribution in [1.82, 2.24) is 9.88 Å². The zero-order valence-corrected chi connectivity index (χ0v) is 20.4. The summed E-state index contributed by atoms with van der Waals surface area (Å²) in [5.41, 5.74) is 2.82. The summed E-state index contributed by atoms with van der Waals surface area (Å²) < 4.78 is 12.0. The highest BCUT2D eigenvalue weighted by atomic mass is 16.5. The molecule has 0 unspecified atom stereocenters. The van der Waals surface area contributed by atoms with Gasteiger partial charge in [0.2, 0.25) is 0 Å². The van der Waals surface area contributed by atoms with Gasteiger partial charge in [0, 0.05) is 29.7 Å². The van der Waals surface area contributed by atoms with Crippen LogP contribution in [0, 0.1) is 6.92 Å². The van der Waals surface area contributed by atoms with Crippen LogP contribution in [0.4, 0.5) is 4.79 Å². The number of aryl methyl sites for hydroxylation is 1. The number of rotatable bonds is 6. The molecule has 1 heterocycles. The Morgan fingerprint density at radius 1 is 1.06 bits per heavy atom. The Labute approximate surface area is 209 Å². The second-order valence-corrected chi connectivity index (χ2v) is 9.06. The third-order valence-electron chi connectivity index (χ3n) is 6.61. The minimum atomic E-state index is -0.696. The van der Waals surface area contributed by atoms with Gasteiger partial charge in [0.05, 0.1) is 7.11 Å². The lowest BCUT2D eigenvalue weighted by molar-refractivity contribution is 0.0598. The lowest BCUT2D eigenvalue weighted by Crippen LogP contribution is -2.38. The van der Waals surface area contributed by atoms with Crippen LogP contribution in [0.15, 0.2) is 65.6 Å². The highest BCUT2D eigenvalue weighted by Crippen LogP contribution is 2.34. The number of methoxy groups -OCH3 is 1. The molecule has 188 valence electrons. The molecule has 36 heavy (non-hydrogen) atoms. The standard InChI is InChI=1S/C28H30N2O6/c1-18-14-22(31)12-13-24(18)30-16-23(27(33)35-2)26(32)15-25(30)20-8-10-21(11-9-20)29-28(34)36-17-19-6-4-3-5-7-19/h3-7,12-16,20-21,31H,8-11,17H2,1-2H3,(H,29,34). The summed E-state index contributed by atoms with van der Waals surface area (Å²) in [6.45, 7) is 2.07. The summed E-state index contributed by atoms with van der Waals surface area (Å²) in [6, 6.07) is 16.0. The number of ether oxygens (including phenoxy) is 2. The van der Waals surface area contributed by atoms with Crippen molar-refractivity contribution in [2.75, 3.05) is 7.11 Å². The van der Waals surface area contributed by atoms with Gasteiger partial charge in [-0.1, -0.05) is 30.3 Å². The molecule has 0 bridgehead atoms. The molecule has 8 heteroatoms. The van der Waals surface area contributed by atoms with Crippen LogP contribution in [0.1, 0.15) is 58.8 Å². The number of benzene rings is 2. The molecule has 2 N–H and O–H groups in total. The van der Waals surface area contributed by atoms with E-state index in [0.717, 1.165) is 48.2 Å². The van der Waals surface area contributed by atoms with Crippen LogP contribution in [0.25, 0.3) is 5.69 Å². The average molecular weight is 491 g/mol. The normalized spacial score (nSPS) is 17.3. The number of pyridine rings is 1. The fourth-order valence-electron chi connectivity index (χ4n) is 4.71. The molecule has 0 saturated heterocycles. The summed E-state index contributed by atoms with van der Waals surface area (Å²) in [5, 5.41) is 12.8. The summed E-state index contributed by atoms with van der Waals surface area (Å²) in [5.74, 6) is -0.507. The van der Waals surface area contributed by atoms with E-state index < -0.39 is 17.5 Å². The van der Waals surface area contributed by atoms with E-state index in [4.69, 9.17) is 9.47 Å². The van der Waals surface area contributed by atoms with Crippen molar-refractivity contribution in [3.63, 3.8) is 0 Å². The van der Waals surface area contributed by atoms with Crippen LogP contribution >= 0.6 is 0 Å². The van der Waals surface area contributed by atoms with Crippen LogP contribution in [0.2, 0.25) is 0 Å². The van der Waals surface area contributed by atoms with Gasteiger partial charge in [0.15, 0.2) is 5.43 Å². The van der Waals surface area contributed by atoms with E-state index in [1.807, 2.05) is 41.8 Å². The highest BCUT2D eigenvalue weighted by Gasteiger charge is 2.27. The molecular weight excluding hydrogens is 460 g/mol. The first-order valence-corrected chi connectivity index (χ1v) is 12.0. The Hall–Kier alpha value is -4.07. The SMILES string of the molecule is COC(=O)c1cn(-c2ccc(O)cc2C)c(C2CCC(NC(=O)OCc3ccccc3)CC2)cc1=O. The van der Waals surface area contributed by atoms with Crippen LogP contribution < -0.4 is 10.7 Å². The van der Waals surface area contributed by atoms with E-state index in [-0.39, 0.29) is 29.9 Å². The van der Waals surface area contributed by atoms with E-state index in [2.05, 4.69) is 5.32 Å². The number of nitrogens with zero attached hydrogens (tertiary/aromatic N) is 1. The molecule has 0 spiro atoms. The number of hydrogen-bond donors (Lipinski definition) is 2. The number of phenols is 1. The van der Waals surface area contributed by atoms with Crippen LogP contribution in [0.5, 0.6) is 5.75 Å². The van der Waals surface area contributed by atoms with Crippen LogP contribution in [0.3, 0.4) is 0 Å². The van der Waals surface area contributed by atoms with E-state index >= 15 is 0 Å². The summed E-state index contributed by atoms with van der Waals surface area (Å²) >= 11 is 0. The molecule has 0 aliphatic heterocycles. The lowest BCUT2D eigenvalue weighted by atomic mass is 9.83. The number of nitrogens with one attached hydrogen (secondary N) is 1. The monoisotopic (exact) mass is 490 g/mol. The van der Waals surface area contributed by atoms with E-state index in [1.165, 1.54) is 19.4 Å². The van der Waals surface area contributed by atoms with Gasteiger partial charge in [0.25, 0.3) is 0 Å². The Balaban J connectivity index is 1.49. The molecule has 1 amide bonds. The van der Waals surface area contributed by atoms with Crippen LogP contribution in [-0.2, 0) is 16.1 Å². The summed E-state index contributed by atoms with van der Waals surface area (Å²) in [6.07, 6.45) is 4.03. The predicted molar refractivity (Wildman–Crippen MR) is 135 cm³/mol. The van der Waals surface area contributed by atoms with Crippen molar-refractivity contribution in [3.8, 4) is 11.4 Å². The van der Waals surface area contributed by atoms with Crippen molar-refractivity contribution in [2.45, 2.75) is 51.2 Å². The average Bonchev–Trinajstić information content (AvgIpc) is 2.88. The number of aromatic nitrogens is 1. The van der Waals surface area contributed by atoms with Gasteiger partial charge in [0.1, 0.15) is 17.9 Å². The molecule has 1 aliphatic carbocycles. The molecule has 3 aromatic rings. The lowest BCUT2D eigenvalue weighted by Gasteiger charge is -2.31. The van der Waals surface area contributed by atoms with Gasteiger partial charge in [-0.25, -0.2) is 9.59 Å². The largest absolute Gasteiger partial charge is 0.508 e. The van der Waals surface area contributed by atoms with E-state index in [9.17, 15) is 19.5 Å². The fourth-order valence-corrected chi connectivity index (χ4v) is 4.71. The van der Waals surface area contributed by atoms with Gasteiger partial charge >= 0.3 is 12.1 Å². The van der Waals surface area contributed by atoms with Gasteiger partial charge < -0.3 is 24.5 Å². The number of carbonyl (C=O) groups is 2. The number of alkyl carbamates (subject to hydrolysis) is 1. The maximum absolute atomic E-state index is 12.8. The first-order chi connectivity index (χ1) is 17.4. The van der Waals surface area contributed by atoms with Crippen molar-refractivity contribution < 1.29 is 24.2 Å². The second-order valence-electron chi connectivity index (χ2n) is 9.06. The van der Waals surface area contributed by atoms with E-state index in [0.29, 0.717) is 0 Å². The molecule has 4 rings (SSSR count). The number of phenolic OH excluding ortho intramolecular Hbond substituents is 1. The first kappa shape index (κ1) is 25.0. The maximum atomic E-state index is 12.8. The van der Waals surface area contributed by atoms with Crippen molar-refractivity contribution in [1.29, 1.82) is 0 Å². The molecular formula is C28H30N2O6. The zero-order valence-electron chi connectivity index (χ0n) is 20.4. The van der Waals surface area contributed by atoms with Crippen molar-refractivity contribution >= 4 is 12.1 Å². The number of amides is 1. The van der Waals surface area contributed by atoms with Gasteiger partial charge in [-0.3, -0.25) is 4.79 Å². The number of esters is 1. The first-order valence-electron chi connectivity index (χ1n) is 12.0. The Morgan fingerprint density at radius 3 is 2.44 bits per heavy atom. The molecule has 1 fully saturated rings. The molecule has 0 atom stereocenters. The second kappa shape index (κ2) is 11.1. The van der Waals surface area contributed by atoms with Crippen molar-refractivity contribution in [3.05, 3.63) is 93.4 Å². The molecule has 1 aromatic heterocycles.